The Morgan fingerprint density at radius 3 is 2.52 bits per heavy atom. The van der Waals surface area contributed by atoms with Crippen LogP contribution < -0.4 is 5.32 Å². The van der Waals surface area contributed by atoms with Crippen LogP contribution in [0, 0.1) is 11.8 Å². The number of aliphatic carboxylic acids is 1. The van der Waals surface area contributed by atoms with Crippen LogP contribution in [0.2, 0.25) is 0 Å². The molecule has 2 heterocycles. The van der Waals surface area contributed by atoms with Crippen molar-refractivity contribution < 1.29 is 14.6 Å². The number of ether oxygens (including phenoxy) is 1. The quantitative estimate of drug-likeness (QED) is 0.595. The third-order valence-corrected chi connectivity index (χ3v) is 5.82. The lowest BCUT2D eigenvalue weighted by Gasteiger charge is -2.28. The first-order valence-corrected chi connectivity index (χ1v) is 9.86. The van der Waals surface area contributed by atoms with E-state index in [4.69, 9.17) is 9.84 Å². The number of fused-ring (bicyclic) bond motifs is 2. The van der Waals surface area contributed by atoms with Gasteiger partial charge in [-0.1, -0.05) is 49.6 Å². The molecule has 1 aromatic carbocycles. The second-order valence-corrected chi connectivity index (χ2v) is 7.58. The Hall–Kier alpha value is -1.39. The second-order valence-electron chi connectivity index (χ2n) is 7.58. The summed E-state index contributed by atoms with van der Waals surface area (Å²) in [5.41, 5.74) is 1.33. The molecule has 3 rings (SSSR count). The molecule has 25 heavy (non-hydrogen) atoms. The molecule has 4 atom stereocenters. The fourth-order valence-electron chi connectivity index (χ4n) is 4.54. The highest BCUT2D eigenvalue weighted by Crippen LogP contribution is 2.45. The minimum atomic E-state index is -0.675. The molecule has 0 radical (unpaired) electrons. The molecule has 2 aliphatic rings. The van der Waals surface area contributed by atoms with Gasteiger partial charge in [-0.2, -0.15) is 0 Å². The SMILES string of the molecule is O=C(O)CCCCCC[C@H]1[C@H](CNCc2ccccc2)[C@H]2CC[C@@H]1O2. The van der Waals surface area contributed by atoms with E-state index in [0.717, 1.165) is 32.4 Å². The van der Waals surface area contributed by atoms with Crippen molar-refractivity contribution in [2.45, 2.75) is 70.1 Å². The first-order chi connectivity index (χ1) is 12.2. The molecule has 138 valence electrons. The zero-order valence-corrected chi connectivity index (χ0v) is 15.0. The highest BCUT2D eigenvalue weighted by molar-refractivity contribution is 5.66. The van der Waals surface area contributed by atoms with Gasteiger partial charge < -0.3 is 15.2 Å². The van der Waals surface area contributed by atoms with Crippen LogP contribution >= 0.6 is 0 Å². The van der Waals surface area contributed by atoms with Gasteiger partial charge in [-0.05, 0) is 37.2 Å². The van der Waals surface area contributed by atoms with Crippen LogP contribution in [0.3, 0.4) is 0 Å². The predicted molar refractivity (Wildman–Crippen MR) is 98.4 cm³/mol. The zero-order chi connectivity index (χ0) is 17.5. The fraction of sp³-hybridized carbons (Fsp3) is 0.667. The van der Waals surface area contributed by atoms with Gasteiger partial charge in [-0.3, -0.25) is 4.79 Å². The predicted octanol–water partition coefficient (Wildman–Crippen LogP) is 4.00. The molecule has 0 aromatic heterocycles. The molecule has 0 unspecified atom stereocenters. The van der Waals surface area contributed by atoms with Crippen molar-refractivity contribution in [2.24, 2.45) is 11.8 Å². The molecule has 4 nitrogen and oxygen atoms in total. The van der Waals surface area contributed by atoms with Gasteiger partial charge in [0.1, 0.15) is 0 Å². The van der Waals surface area contributed by atoms with Crippen LogP contribution in [0.25, 0.3) is 0 Å². The highest BCUT2D eigenvalue weighted by atomic mass is 16.5. The summed E-state index contributed by atoms with van der Waals surface area (Å²) in [4.78, 5) is 10.6. The summed E-state index contributed by atoms with van der Waals surface area (Å²) in [5, 5.41) is 12.3. The van der Waals surface area contributed by atoms with Gasteiger partial charge in [0.15, 0.2) is 0 Å². The lowest BCUT2D eigenvalue weighted by atomic mass is 9.76. The molecule has 2 bridgehead atoms. The standard InChI is InChI=1S/C21H31NO3/c23-21(24)11-7-2-1-6-10-17-18(20-13-12-19(17)25-20)15-22-14-16-8-4-3-5-9-16/h3-5,8-9,17-20,22H,1-2,6-7,10-15H2,(H,23,24)/t17-,18-,19-,20+/m0/s1. The van der Waals surface area contributed by atoms with Crippen molar-refractivity contribution in [3.05, 3.63) is 35.9 Å². The number of carboxylic acid groups (broad SMARTS) is 1. The van der Waals surface area contributed by atoms with E-state index in [2.05, 4.69) is 35.6 Å². The summed E-state index contributed by atoms with van der Waals surface area (Å²) in [5.74, 6) is 0.647. The van der Waals surface area contributed by atoms with Crippen LogP contribution in [0.1, 0.15) is 56.9 Å². The van der Waals surface area contributed by atoms with Crippen molar-refractivity contribution >= 4 is 5.97 Å². The summed E-state index contributed by atoms with van der Waals surface area (Å²) in [6.45, 7) is 1.97. The first kappa shape index (κ1) is 18.4. The Bertz CT molecular complexity index is 533. The number of hydrogen-bond acceptors (Lipinski definition) is 3. The Kier molecular flexibility index (Phi) is 6.88. The van der Waals surface area contributed by atoms with Crippen LogP contribution in [0.15, 0.2) is 30.3 Å². The van der Waals surface area contributed by atoms with E-state index in [1.807, 2.05) is 0 Å². The molecule has 0 saturated carbocycles. The van der Waals surface area contributed by atoms with Crippen LogP contribution in [0.4, 0.5) is 0 Å². The first-order valence-electron chi connectivity index (χ1n) is 9.86. The summed E-state index contributed by atoms with van der Waals surface area (Å²) < 4.78 is 6.19. The van der Waals surface area contributed by atoms with Crippen molar-refractivity contribution in [1.82, 2.24) is 5.32 Å². The van der Waals surface area contributed by atoms with E-state index < -0.39 is 5.97 Å². The van der Waals surface area contributed by atoms with Crippen molar-refractivity contribution in [3.63, 3.8) is 0 Å². The largest absolute Gasteiger partial charge is 0.481 e. The maximum atomic E-state index is 10.6. The normalized spacial score (nSPS) is 27.7. The third kappa shape index (κ3) is 5.29. The molecule has 4 heteroatoms. The number of carboxylic acids is 1. The molecule has 0 amide bonds. The number of benzene rings is 1. The Labute approximate surface area is 151 Å². The average Bonchev–Trinajstić information content (AvgIpc) is 3.21. The molecule has 1 aromatic rings. The minimum Gasteiger partial charge on any atom is -0.481 e. The lowest BCUT2D eigenvalue weighted by molar-refractivity contribution is -0.137. The van der Waals surface area contributed by atoms with E-state index >= 15 is 0 Å². The van der Waals surface area contributed by atoms with Crippen LogP contribution in [-0.4, -0.2) is 29.8 Å². The fourth-order valence-corrected chi connectivity index (χ4v) is 4.54. The van der Waals surface area contributed by atoms with Gasteiger partial charge in [0.05, 0.1) is 12.2 Å². The Balaban J connectivity index is 1.38. The molecular weight excluding hydrogens is 314 g/mol. The van der Waals surface area contributed by atoms with Gasteiger partial charge in [0, 0.05) is 25.4 Å². The molecule has 2 fully saturated rings. The minimum absolute atomic E-state index is 0.309. The van der Waals surface area contributed by atoms with Crippen LogP contribution in [-0.2, 0) is 16.1 Å². The summed E-state index contributed by atoms with van der Waals surface area (Å²) in [6, 6.07) is 10.6. The lowest BCUT2D eigenvalue weighted by Crippen LogP contribution is -2.35. The molecule has 0 spiro atoms. The third-order valence-electron chi connectivity index (χ3n) is 5.82. The van der Waals surface area contributed by atoms with Gasteiger partial charge in [-0.15, -0.1) is 0 Å². The number of nitrogens with one attached hydrogen (secondary N) is 1. The van der Waals surface area contributed by atoms with E-state index in [-0.39, 0.29) is 0 Å². The Morgan fingerprint density at radius 1 is 1.04 bits per heavy atom. The molecule has 2 N–H and O–H groups in total. The monoisotopic (exact) mass is 345 g/mol. The molecule has 2 saturated heterocycles. The number of unbranched alkanes of at least 4 members (excludes halogenated alkanes) is 3. The average molecular weight is 345 g/mol. The van der Waals surface area contributed by atoms with Gasteiger partial charge in [0.2, 0.25) is 0 Å². The highest BCUT2D eigenvalue weighted by Gasteiger charge is 2.47. The summed E-state index contributed by atoms with van der Waals surface area (Å²) in [6.07, 6.45) is 9.08. The number of hydrogen-bond donors (Lipinski definition) is 2. The van der Waals surface area contributed by atoms with E-state index in [9.17, 15) is 4.79 Å². The Morgan fingerprint density at radius 2 is 1.76 bits per heavy atom. The molecular formula is C21H31NO3. The molecule has 2 aliphatic heterocycles. The van der Waals surface area contributed by atoms with Crippen LogP contribution in [0.5, 0.6) is 0 Å². The topological polar surface area (TPSA) is 58.6 Å². The number of carbonyl (C=O) groups is 1. The number of rotatable bonds is 11. The van der Waals surface area contributed by atoms with Crippen molar-refractivity contribution in [2.75, 3.05) is 6.54 Å². The van der Waals surface area contributed by atoms with E-state index in [1.165, 1.54) is 31.2 Å². The van der Waals surface area contributed by atoms with E-state index in [0.29, 0.717) is 30.5 Å². The van der Waals surface area contributed by atoms with Crippen molar-refractivity contribution in [3.8, 4) is 0 Å². The summed E-state index contributed by atoms with van der Waals surface area (Å²) in [7, 11) is 0. The second kappa shape index (κ2) is 9.35. The van der Waals surface area contributed by atoms with E-state index in [1.54, 1.807) is 0 Å². The van der Waals surface area contributed by atoms with Gasteiger partial charge in [0.25, 0.3) is 0 Å². The van der Waals surface area contributed by atoms with Gasteiger partial charge in [-0.25, -0.2) is 0 Å². The maximum Gasteiger partial charge on any atom is 0.303 e. The molecule has 0 aliphatic carbocycles. The zero-order valence-electron chi connectivity index (χ0n) is 15.0. The summed E-state index contributed by atoms with van der Waals surface area (Å²) >= 11 is 0. The maximum absolute atomic E-state index is 10.6. The smallest absolute Gasteiger partial charge is 0.303 e. The van der Waals surface area contributed by atoms with Crippen molar-refractivity contribution in [1.29, 1.82) is 0 Å². The van der Waals surface area contributed by atoms with Gasteiger partial charge >= 0.3 is 5.97 Å².